The molecule has 0 radical (unpaired) electrons. The number of carbonyl (C=O) groups is 1. The molecule has 1 amide bonds. The maximum Gasteiger partial charge on any atom is 0.267 e. The van der Waals surface area contributed by atoms with Gasteiger partial charge >= 0.3 is 0 Å². The molecule has 7 heteroatoms. The zero-order valence-electron chi connectivity index (χ0n) is 14.6. The zero-order chi connectivity index (χ0) is 18.8. The minimum Gasteiger partial charge on any atom is -0.490 e. The van der Waals surface area contributed by atoms with Crippen molar-refractivity contribution in [1.29, 1.82) is 0 Å². The number of aromatic nitrogens is 2. The minimum atomic E-state index is -0.557. The monoisotopic (exact) mass is 382 g/mol. The summed E-state index contributed by atoms with van der Waals surface area (Å²) in [6.45, 7) is 1.73. The van der Waals surface area contributed by atoms with Gasteiger partial charge in [0.25, 0.3) is 5.91 Å². The summed E-state index contributed by atoms with van der Waals surface area (Å²) in [5.41, 5.74) is 7.57. The van der Waals surface area contributed by atoms with Gasteiger partial charge in [0.2, 0.25) is 0 Å². The number of halogens is 1. The average molecular weight is 383 g/mol. The molecule has 6 nitrogen and oxygen atoms in total. The van der Waals surface area contributed by atoms with Crippen LogP contribution < -0.4 is 15.4 Å². The molecule has 2 aromatic heterocycles. The lowest BCUT2D eigenvalue weighted by molar-refractivity contribution is 0.0994. The van der Waals surface area contributed by atoms with E-state index in [4.69, 9.17) is 22.1 Å². The molecule has 27 heavy (non-hydrogen) atoms. The summed E-state index contributed by atoms with van der Waals surface area (Å²) < 4.78 is 6.03. The molecule has 1 aliphatic rings. The lowest BCUT2D eigenvalue weighted by Gasteiger charge is -2.34. The van der Waals surface area contributed by atoms with Gasteiger partial charge in [-0.2, -0.15) is 0 Å². The van der Waals surface area contributed by atoms with Crippen molar-refractivity contribution < 1.29 is 9.53 Å². The molecular formula is C20H19ClN4O2. The normalized spacial score (nSPS) is 15.1. The highest BCUT2D eigenvalue weighted by Crippen LogP contribution is 2.30. The molecule has 3 heterocycles. The summed E-state index contributed by atoms with van der Waals surface area (Å²) in [4.78, 5) is 22.0. The van der Waals surface area contributed by atoms with Crippen molar-refractivity contribution in [2.45, 2.75) is 18.9 Å². The van der Waals surface area contributed by atoms with E-state index in [1.165, 1.54) is 6.20 Å². The Morgan fingerprint density at radius 2 is 1.89 bits per heavy atom. The molecule has 0 aliphatic carbocycles. The largest absolute Gasteiger partial charge is 0.490 e. The SMILES string of the molecule is NC(=O)c1cc(OC2CCN(c3ccnc4ccc(Cl)cc34)CC2)ccn1. The number of carbonyl (C=O) groups excluding carboxylic acids is 1. The van der Waals surface area contributed by atoms with Crippen molar-refractivity contribution in [3.05, 3.63) is 59.5 Å². The number of anilines is 1. The minimum absolute atomic E-state index is 0.0843. The maximum atomic E-state index is 11.3. The van der Waals surface area contributed by atoms with E-state index < -0.39 is 5.91 Å². The molecule has 1 aromatic carbocycles. The fourth-order valence-electron chi connectivity index (χ4n) is 3.41. The summed E-state index contributed by atoms with van der Waals surface area (Å²) >= 11 is 6.17. The van der Waals surface area contributed by atoms with Crippen LogP contribution in [0.2, 0.25) is 5.02 Å². The Morgan fingerprint density at radius 3 is 2.67 bits per heavy atom. The molecular weight excluding hydrogens is 364 g/mol. The number of fused-ring (bicyclic) bond motifs is 1. The molecule has 1 aliphatic heterocycles. The predicted octanol–water partition coefficient (Wildman–Crippen LogP) is 3.43. The van der Waals surface area contributed by atoms with Gasteiger partial charge in [0.15, 0.2) is 0 Å². The first kappa shape index (κ1) is 17.5. The van der Waals surface area contributed by atoms with Crippen LogP contribution in [-0.2, 0) is 0 Å². The van der Waals surface area contributed by atoms with Crippen molar-refractivity contribution in [3.63, 3.8) is 0 Å². The van der Waals surface area contributed by atoms with Crippen LogP contribution in [0, 0.1) is 0 Å². The van der Waals surface area contributed by atoms with E-state index >= 15 is 0 Å². The third-order valence-electron chi connectivity index (χ3n) is 4.75. The number of benzene rings is 1. The molecule has 1 saturated heterocycles. The Kier molecular flexibility index (Phi) is 4.81. The van der Waals surface area contributed by atoms with E-state index in [9.17, 15) is 4.79 Å². The highest BCUT2D eigenvalue weighted by molar-refractivity contribution is 6.31. The van der Waals surface area contributed by atoms with E-state index in [1.54, 1.807) is 12.1 Å². The smallest absolute Gasteiger partial charge is 0.267 e. The quantitative estimate of drug-likeness (QED) is 0.747. The van der Waals surface area contributed by atoms with Crippen LogP contribution in [0.3, 0.4) is 0 Å². The van der Waals surface area contributed by atoms with E-state index in [2.05, 4.69) is 14.9 Å². The van der Waals surface area contributed by atoms with Crippen LogP contribution >= 0.6 is 11.6 Å². The first-order valence-corrected chi connectivity index (χ1v) is 9.20. The van der Waals surface area contributed by atoms with E-state index in [0.29, 0.717) is 10.8 Å². The zero-order valence-corrected chi connectivity index (χ0v) is 15.4. The van der Waals surface area contributed by atoms with Gasteiger partial charge in [-0.05, 0) is 30.3 Å². The van der Waals surface area contributed by atoms with E-state index in [0.717, 1.165) is 42.5 Å². The number of primary amides is 1. The van der Waals surface area contributed by atoms with Crippen molar-refractivity contribution in [3.8, 4) is 5.75 Å². The lowest BCUT2D eigenvalue weighted by Crippen LogP contribution is -2.38. The summed E-state index contributed by atoms with van der Waals surface area (Å²) in [6, 6.07) is 11.1. The van der Waals surface area contributed by atoms with Gasteiger partial charge in [0, 0.05) is 60.5 Å². The first-order valence-electron chi connectivity index (χ1n) is 8.82. The van der Waals surface area contributed by atoms with Gasteiger partial charge in [-0.1, -0.05) is 11.6 Å². The standard InChI is InChI=1S/C20H19ClN4O2/c21-13-1-2-17-16(11-13)19(4-8-23-17)25-9-5-14(6-10-25)27-15-3-7-24-18(12-15)20(22)26/h1-4,7-8,11-12,14H,5-6,9-10H2,(H2,22,26). The van der Waals surface area contributed by atoms with Crippen molar-refractivity contribution in [2.24, 2.45) is 5.73 Å². The lowest BCUT2D eigenvalue weighted by atomic mass is 10.1. The third-order valence-corrected chi connectivity index (χ3v) is 4.98. The van der Waals surface area contributed by atoms with Gasteiger partial charge in [-0.3, -0.25) is 14.8 Å². The molecule has 0 unspecified atom stereocenters. The van der Waals surface area contributed by atoms with Crippen LogP contribution in [0.4, 0.5) is 5.69 Å². The van der Waals surface area contributed by atoms with Crippen LogP contribution in [0.1, 0.15) is 23.3 Å². The number of nitrogens with zero attached hydrogens (tertiary/aromatic N) is 3. The second kappa shape index (κ2) is 7.40. The number of nitrogens with two attached hydrogens (primary N) is 1. The Balaban J connectivity index is 1.46. The number of ether oxygens (including phenoxy) is 1. The molecule has 2 N–H and O–H groups in total. The van der Waals surface area contributed by atoms with Gasteiger partial charge < -0.3 is 15.4 Å². The van der Waals surface area contributed by atoms with Gasteiger partial charge in [-0.25, -0.2) is 0 Å². The number of rotatable bonds is 4. The van der Waals surface area contributed by atoms with Gasteiger partial charge in [0.05, 0.1) is 5.52 Å². The molecule has 1 fully saturated rings. The molecule has 0 bridgehead atoms. The summed E-state index contributed by atoms with van der Waals surface area (Å²) in [5, 5.41) is 1.77. The van der Waals surface area contributed by atoms with Crippen molar-refractivity contribution in [2.75, 3.05) is 18.0 Å². The topological polar surface area (TPSA) is 81.3 Å². The van der Waals surface area contributed by atoms with Crippen LogP contribution in [0.25, 0.3) is 10.9 Å². The number of amides is 1. The number of pyridine rings is 2. The number of hydrogen-bond acceptors (Lipinski definition) is 5. The second-order valence-electron chi connectivity index (χ2n) is 6.54. The Hall–Kier alpha value is -2.86. The predicted molar refractivity (Wildman–Crippen MR) is 105 cm³/mol. The summed E-state index contributed by atoms with van der Waals surface area (Å²) in [5.74, 6) is 0.0666. The molecule has 3 aromatic rings. The first-order chi connectivity index (χ1) is 13.1. The molecule has 0 saturated carbocycles. The van der Waals surface area contributed by atoms with Crippen molar-refractivity contribution in [1.82, 2.24) is 9.97 Å². The highest BCUT2D eigenvalue weighted by atomic mass is 35.5. The highest BCUT2D eigenvalue weighted by Gasteiger charge is 2.22. The van der Waals surface area contributed by atoms with E-state index in [1.807, 2.05) is 30.5 Å². The molecule has 4 rings (SSSR count). The Bertz CT molecular complexity index is 987. The van der Waals surface area contributed by atoms with Crippen molar-refractivity contribution >= 4 is 34.1 Å². The summed E-state index contributed by atoms with van der Waals surface area (Å²) in [7, 11) is 0. The fraction of sp³-hybridized carbons (Fsp3) is 0.250. The van der Waals surface area contributed by atoms with Crippen LogP contribution in [0.15, 0.2) is 48.8 Å². The van der Waals surface area contributed by atoms with E-state index in [-0.39, 0.29) is 11.8 Å². The Morgan fingerprint density at radius 1 is 1.11 bits per heavy atom. The number of hydrogen-bond donors (Lipinski definition) is 1. The summed E-state index contributed by atoms with van der Waals surface area (Å²) in [6.07, 6.45) is 5.20. The fourth-order valence-corrected chi connectivity index (χ4v) is 3.58. The maximum absolute atomic E-state index is 11.3. The molecule has 138 valence electrons. The van der Waals surface area contributed by atoms with Crippen LogP contribution in [0.5, 0.6) is 5.75 Å². The molecule has 0 atom stereocenters. The Labute approximate surface area is 161 Å². The average Bonchev–Trinajstić information content (AvgIpc) is 2.68. The number of piperidine rings is 1. The van der Waals surface area contributed by atoms with Gasteiger partial charge in [-0.15, -0.1) is 0 Å². The second-order valence-corrected chi connectivity index (χ2v) is 6.97. The third kappa shape index (κ3) is 3.80. The van der Waals surface area contributed by atoms with Gasteiger partial charge in [0.1, 0.15) is 17.5 Å². The van der Waals surface area contributed by atoms with Crippen LogP contribution in [-0.4, -0.2) is 35.1 Å². The molecule has 0 spiro atoms.